The second kappa shape index (κ2) is 8.75. The summed E-state index contributed by atoms with van der Waals surface area (Å²) in [4.78, 5) is 5.12. The Morgan fingerprint density at radius 3 is 2.00 bits per heavy atom. The lowest BCUT2D eigenvalue weighted by atomic mass is 10.1. The van der Waals surface area contributed by atoms with Crippen molar-refractivity contribution < 1.29 is 0 Å². The summed E-state index contributed by atoms with van der Waals surface area (Å²) in [5.41, 5.74) is 6.17. The van der Waals surface area contributed by atoms with E-state index in [0.717, 1.165) is 16.3 Å². The van der Waals surface area contributed by atoms with E-state index in [0.29, 0.717) is 0 Å². The van der Waals surface area contributed by atoms with Gasteiger partial charge in [-0.15, -0.1) is 16.4 Å². The van der Waals surface area contributed by atoms with Gasteiger partial charge in [0.15, 0.2) is 0 Å². The molecular weight excluding hydrogens is 242 g/mol. The van der Waals surface area contributed by atoms with Crippen LogP contribution in [0.15, 0.2) is 11.7 Å². The number of hydrogen-bond donors (Lipinski definition) is 0. The first-order valence-electron chi connectivity index (χ1n) is 6.39. The molecule has 2 heterocycles. The molecule has 2 aromatic rings. The van der Waals surface area contributed by atoms with Crippen molar-refractivity contribution in [3.63, 3.8) is 0 Å². The lowest BCUT2D eigenvalue weighted by molar-refractivity contribution is 0.953. The van der Waals surface area contributed by atoms with Crippen molar-refractivity contribution in [1.82, 2.24) is 15.2 Å². The van der Waals surface area contributed by atoms with Gasteiger partial charge in [-0.3, -0.25) is 4.98 Å². The van der Waals surface area contributed by atoms with Crippen molar-refractivity contribution in [2.24, 2.45) is 0 Å². The third kappa shape index (κ3) is 3.88. The maximum atomic E-state index is 4.20. The Bertz CT molecular complexity index is 450. The smallest absolute Gasteiger partial charge is 0.108 e. The third-order valence-corrected chi connectivity index (χ3v) is 3.21. The highest BCUT2D eigenvalue weighted by molar-refractivity contribution is 7.13. The maximum absolute atomic E-state index is 4.20. The number of nitrogens with zero attached hydrogens (tertiary/aromatic N) is 3. The van der Waals surface area contributed by atoms with E-state index in [4.69, 9.17) is 0 Å². The van der Waals surface area contributed by atoms with Crippen molar-refractivity contribution in [3.8, 4) is 10.6 Å². The van der Waals surface area contributed by atoms with Crippen LogP contribution in [0.5, 0.6) is 0 Å². The normalized spacial score (nSPS) is 8.83. The van der Waals surface area contributed by atoms with Crippen LogP contribution < -0.4 is 0 Å². The predicted octanol–water partition coefficient (Wildman–Crippen LogP) is 4.58. The molecule has 2 rings (SSSR count). The highest BCUT2D eigenvalue weighted by Gasteiger charge is 2.09. The molecule has 0 saturated carbocycles. The zero-order chi connectivity index (χ0) is 14.1. The fourth-order valence-corrected chi connectivity index (χ4v) is 1.95. The topological polar surface area (TPSA) is 38.7 Å². The molecule has 0 fully saturated rings. The molecule has 0 aliphatic rings. The van der Waals surface area contributed by atoms with Gasteiger partial charge in [-0.05, 0) is 31.9 Å². The molecule has 0 aliphatic carbocycles. The molecule has 2 aromatic heterocycles. The van der Waals surface area contributed by atoms with Crippen LogP contribution in [0.3, 0.4) is 0 Å². The van der Waals surface area contributed by atoms with Gasteiger partial charge in [-0.25, -0.2) is 0 Å². The first-order chi connectivity index (χ1) is 8.70. The van der Waals surface area contributed by atoms with Gasteiger partial charge in [0.2, 0.25) is 0 Å². The fourth-order valence-electron chi connectivity index (χ4n) is 1.29. The zero-order valence-electron chi connectivity index (χ0n) is 12.4. The van der Waals surface area contributed by atoms with E-state index < -0.39 is 0 Å². The molecule has 3 nitrogen and oxygen atoms in total. The van der Waals surface area contributed by atoms with Gasteiger partial charge in [0.1, 0.15) is 5.69 Å². The second-order valence-corrected chi connectivity index (χ2v) is 4.14. The minimum Gasteiger partial charge on any atom is -0.252 e. The minimum atomic E-state index is 0.954. The Labute approximate surface area is 114 Å². The maximum Gasteiger partial charge on any atom is 0.108 e. The number of aryl methyl sites for hydroxylation is 1. The lowest BCUT2D eigenvalue weighted by Crippen LogP contribution is -1.97. The summed E-state index contributed by atoms with van der Waals surface area (Å²) in [5.74, 6) is 0. The molecule has 0 N–H and O–H groups in total. The summed E-state index contributed by atoms with van der Waals surface area (Å²) in [5, 5.41) is 8.33. The van der Waals surface area contributed by atoms with E-state index in [-0.39, 0.29) is 0 Å². The van der Waals surface area contributed by atoms with E-state index >= 15 is 0 Å². The van der Waals surface area contributed by atoms with Crippen molar-refractivity contribution in [3.05, 3.63) is 28.5 Å². The van der Waals surface area contributed by atoms with Crippen LogP contribution in [0.1, 0.15) is 44.5 Å². The van der Waals surface area contributed by atoms with Gasteiger partial charge in [-0.2, -0.15) is 5.10 Å². The van der Waals surface area contributed by atoms with Crippen molar-refractivity contribution in [2.75, 3.05) is 0 Å². The average Bonchev–Trinajstić information content (AvgIpc) is 2.95. The van der Waals surface area contributed by atoms with Crippen LogP contribution in [0.4, 0.5) is 0 Å². The first-order valence-corrected chi connectivity index (χ1v) is 7.27. The Hall–Kier alpha value is -1.29. The lowest BCUT2D eigenvalue weighted by Gasteiger charge is -2.06. The minimum absolute atomic E-state index is 0.954. The largest absolute Gasteiger partial charge is 0.252 e. The van der Waals surface area contributed by atoms with E-state index in [1.807, 2.05) is 46.3 Å². The quantitative estimate of drug-likeness (QED) is 0.757. The highest BCUT2D eigenvalue weighted by Crippen LogP contribution is 2.26. The fraction of sp³-hybridized carbons (Fsp3) is 0.500. The van der Waals surface area contributed by atoms with Crippen molar-refractivity contribution >= 4 is 11.3 Å². The van der Waals surface area contributed by atoms with Gasteiger partial charge in [0, 0.05) is 6.20 Å². The van der Waals surface area contributed by atoms with Gasteiger partial charge in [-0.1, -0.05) is 27.7 Å². The third-order valence-electron chi connectivity index (χ3n) is 2.43. The molecule has 0 saturated heterocycles. The van der Waals surface area contributed by atoms with Gasteiger partial charge >= 0.3 is 0 Å². The summed E-state index contributed by atoms with van der Waals surface area (Å²) >= 11 is 1.59. The molecule has 0 radical (unpaired) electrons. The number of rotatable bonds is 1. The monoisotopic (exact) mass is 265 g/mol. The van der Waals surface area contributed by atoms with Gasteiger partial charge in [0.25, 0.3) is 0 Å². The molecule has 0 bridgehead atoms. The molecule has 0 unspecified atom stereocenters. The van der Waals surface area contributed by atoms with E-state index in [2.05, 4.69) is 29.0 Å². The van der Waals surface area contributed by atoms with Crippen LogP contribution >= 0.6 is 11.3 Å². The molecular formula is C14H23N3S. The number of hydrogen-bond acceptors (Lipinski definition) is 4. The first kappa shape index (κ1) is 16.7. The van der Waals surface area contributed by atoms with Crippen LogP contribution in [0.2, 0.25) is 0 Å². The summed E-state index contributed by atoms with van der Waals surface area (Å²) in [6.45, 7) is 14.1. The molecule has 100 valence electrons. The Kier molecular flexibility index (Phi) is 8.12. The molecule has 0 spiro atoms. The summed E-state index contributed by atoms with van der Waals surface area (Å²) in [6.07, 6.45) is 1.83. The van der Waals surface area contributed by atoms with Crippen LogP contribution in [0.25, 0.3) is 10.6 Å². The van der Waals surface area contributed by atoms with Crippen LogP contribution in [0, 0.1) is 20.8 Å². The molecule has 0 atom stereocenters. The molecule has 0 aliphatic heterocycles. The summed E-state index contributed by atoms with van der Waals surface area (Å²) < 4.78 is 0. The summed E-state index contributed by atoms with van der Waals surface area (Å²) in [6, 6.07) is 0. The second-order valence-electron chi connectivity index (χ2n) is 3.25. The van der Waals surface area contributed by atoms with E-state index in [1.165, 1.54) is 11.1 Å². The average molecular weight is 265 g/mol. The Morgan fingerprint density at radius 2 is 1.50 bits per heavy atom. The van der Waals surface area contributed by atoms with E-state index in [9.17, 15) is 0 Å². The molecule has 0 aromatic carbocycles. The van der Waals surface area contributed by atoms with E-state index in [1.54, 1.807) is 11.3 Å². The Balaban J connectivity index is 0.000000659. The SMILES string of the molecule is CC.CC.Cc1nnc(-c2cncs2)c(C)c1C. The van der Waals surface area contributed by atoms with Crippen molar-refractivity contribution in [1.29, 1.82) is 0 Å². The van der Waals surface area contributed by atoms with Crippen LogP contribution in [-0.2, 0) is 0 Å². The van der Waals surface area contributed by atoms with Crippen LogP contribution in [-0.4, -0.2) is 15.2 Å². The highest BCUT2D eigenvalue weighted by atomic mass is 32.1. The number of aromatic nitrogens is 3. The summed E-state index contributed by atoms with van der Waals surface area (Å²) in [7, 11) is 0. The molecule has 0 amide bonds. The molecule has 4 heteroatoms. The standard InChI is InChI=1S/C10H11N3S.2C2H6/c1-6-7(2)10(13-12-8(6)3)9-4-11-5-14-9;2*1-2/h4-5H,1-3H3;2*1-2H3. The Morgan fingerprint density at radius 1 is 0.889 bits per heavy atom. The predicted molar refractivity (Wildman–Crippen MR) is 80.0 cm³/mol. The number of thiazole rings is 1. The van der Waals surface area contributed by atoms with Gasteiger partial charge in [0.05, 0.1) is 16.1 Å². The van der Waals surface area contributed by atoms with Crippen molar-refractivity contribution in [2.45, 2.75) is 48.5 Å². The molecule has 18 heavy (non-hydrogen) atoms. The van der Waals surface area contributed by atoms with Gasteiger partial charge < -0.3 is 0 Å². The zero-order valence-corrected chi connectivity index (χ0v) is 13.2.